The number of rotatable bonds is 8. The number of phenols is 2. The van der Waals surface area contributed by atoms with Crippen LogP contribution in [0.4, 0.5) is 11.4 Å². The summed E-state index contributed by atoms with van der Waals surface area (Å²) in [6.07, 6.45) is 4.35. The molecule has 0 radical (unpaired) electrons. The van der Waals surface area contributed by atoms with Gasteiger partial charge in [0.25, 0.3) is 0 Å². The van der Waals surface area contributed by atoms with Crippen LogP contribution in [0, 0.1) is 0 Å². The average molecular weight is 314 g/mol. The zero-order chi connectivity index (χ0) is 16.5. The molecule has 0 amide bonds. The molecule has 0 unspecified atom stereocenters. The zero-order valence-electron chi connectivity index (χ0n) is 13.3. The molecule has 0 saturated carbocycles. The van der Waals surface area contributed by atoms with Crippen molar-refractivity contribution in [3.05, 3.63) is 42.5 Å². The SMILES string of the molecule is CCCCCCOc1ccc(O)c(N=Nc2ccccc2)c1O. The lowest BCUT2D eigenvalue weighted by atomic mass is 10.2. The topological polar surface area (TPSA) is 74.4 Å². The molecule has 122 valence electrons. The lowest BCUT2D eigenvalue weighted by Crippen LogP contribution is -1.97. The van der Waals surface area contributed by atoms with E-state index < -0.39 is 0 Å². The van der Waals surface area contributed by atoms with Gasteiger partial charge in [-0.05, 0) is 30.7 Å². The van der Waals surface area contributed by atoms with E-state index in [0.29, 0.717) is 18.0 Å². The van der Waals surface area contributed by atoms with Crippen LogP contribution in [0.2, 0.25) is 0 Å². The lowest BCUT2D eigenvalue weighted by molar-refractivity contribution is 0.289. The number of nitrogens with zero attached hydrogens (tertiary/aromatic N) is 2. The molecule has 23 heavy (non-hydrogen) atoms. The summed E-state index contributed by atoms with van der Waals surface area (Å²) in [6.45, 7) is 2.67. The number of azo groups is 1. The number of aromatic hydroxyl groups is 2. The normalized spacial score (nSPS) is 11.0. The van der Waals surface area contributed by atoms with Crippen LogP contribution in [-0.4, -0.2) is 16.8 Å². The van der Waals surface area contributed by atoms with Crippen molar-refractivity contribution in [2.45, 2.75) is 32.6 Å². The van der Waals surface area contributed by atoms with Gasteiger partial charge in [0.15, 0.2) is 17.2 Å². The Kier molecular flexibility index (Phi) is 6.41. The van der Waals surface area contributed by atoms with Gasteiger partial charge >= 0.3 is 0 Å². The van der Waals surface area contributed by atoms with Crippen molar-refractivity contribution < 1.29 is 14.9 Å². The Morgan fingerprint density at radius 1 is 0.913 bits per heavy atom. The van der Waals surface area contributed by atoms with Crippen LogP contribution in [0.1, 0.15) is 32.6 Å². The molecule has 0 aliphatic rings. The van der Waals surface area contributed by atoms with Crippen molar-refractivity contribution in [1.82, 2.24) is 0 Å². The number of phenolic OH excluding ortho intramolecular Hbond substituents is 2. The monoisotopic (exact) mass is 314 g/mol. The highest BCUT2D eigenvalue weighted by molar-refractivity contribution is 5.66. The molecule has 2 rings (SSSR count). The Bertz CT molecular complexity index is 642. The molecule has 2 N–H and O–H groups in total. The predicted octanol–water partition coefficient (Wildman–Crippen LogP) is 5.47. The van der Waals surface area contributed by atoms with Gasteiger partial charge in [-0.3, -0.25) is 0 Å². The summed E-state index contributed by atoms with van der Waals surface area (Å²) in [7, 11) is 0. The molecule has 0 atom stereocenters. The summed E-state index contributed by atoms with van der Waals surface area (Å²) in [5.41, 5.74) is 0.650. The standard InChI is InChI=1S/C18H22N2O3/c1-2-3-4-8-13-23-16-12-11-15(21)17(18(16)22)20-19-14-9-6-5-7-10-14/h5-7,9-12,21-22H,2-4,8,13H2,1H3. The zero-order valence-corrected chi connectivity index (χ0v) is 13.3. The minimum atomic E-state index is -0.194. The molecule has 0 aliphatic heterocycles. The van der Waals surface area contributed by atoms with Crippen LogP contribution in [0.3, 0.4) is 0 Å². The maximum Gasteiger partial charge on any atom is 0.189 e. The number of hydrogen-bond donors (Lipinski definition) is 2. The molecule has 2 aromatic carbocycles. The minimum absolute atomic E-state index is 0.0138. The Morgan fingerprint density at radius 2 is 1.70 bits per heavy atom. The molecular weight excluding hydrogens is 292 g/mol. The minimum Gasteiger partial charge on any atom is -0.505 e. The average Bonchev–Trinajstić information content (AvgIpc) is 2.57. The molecule has 0 fully saturated rings. The smallest absolute Gasteiger partial charge is 0.189 e. The number of hydrogen-bond acceptors (Lipinski definition) is 5. The highest BCUT2D eigenvalue weighted by atomic mass is 16.5. The van der Waals surface area contributed by atoms with Gasteiger partial charge in [0.2, 0.25) is 0 Å². The first kappa shape index (κ1) is 16.8. The molecular formula is C18H22N2O3. The van der Waals surface area contributed by atoms with Crippen LogP contribution in [0.25, 0.3) is 0 Å². The van der Waals surface area contributed by atoms with Crippen molar-refractivity contribution in [2.24, 2.45) is 10.2 Å². The summed E-state index contributed by atoms with van der Waals surface area (Å²) >= 11 is 0. The van der Waals surface area contributed by atoms with Crippen LogP contribution >= 0.6 is 0 Å². The maximum atomic E-state index is 10.2. The first-order valence-corrected chi connectivity index (χ1v) is 7.87. The summed E-state index contributed by atoms with van der Waals surface area (Å²) < 4.78 is 5.57. The van der Waals surface area contributed by atoms with Crippen molar-refractivity contribution >= 4 is 11.4 Å². The molecule has 0 heterocycles. The third kappa shape index (κ3) is 4.98. The van der Waals surface area contributed by atoms with Gasteiger partial charge in [-0.25, -0.2) is 0 Å². The third-order valence-electron chi connectivity index (χ3n) is 3.37. The third-order valence-corrected chi connectivity index (χ3v) is 3.37. The fraction of sp³-hybridized carbons (Fsp3) is 0.333. The van der Waals surface area contributed by atoms with E-state index in [-0.39, 0.29) is 17.2 Å². The van der Waals surface area contributed by atoms with Crippen LogP contribution in [-0.2, 0) is 0 Å². The Labute approximate surface area is 136 Å². The van der Waals surface area contributed by atoms with E-state index in [2.05, 4.69) is 17.2 Å². The highest BCUT2D eigenvalue weighted by Gasteiger charge is 2.13. The first-order chi connectivity index (χ1) is 11.2. The first-order valence-electron chi connectivity index (χ1n) is 7.87. The Hall–Kier alpha value is -2.56. The van der Waals surface area contributed by atoms with E-state index in [1.165, 1.54) is 18.6 Å². The molecule has 5 heteroatoms. The van der Waals surface area contributed by atoms with E-state index in [1.807, 2.05) is 18.2 Å². The second-order valence-corrected chi connectivity index (χ2v) is 5.22. The lowest BCUT2D eigenvalue weighted by Gasteiger charge is -2.10. The molecule has 0 bridgehead atoms. The quantitative estimate of drug-likeness (QED) is 0.501. The van der Waals surface area contributed by atoms with Gasteiger partial charge in [-0.15, -0.1) is 5.11 Å². The fourth-order valence-electron chi connectivity index (χ4n) is 2.08. The number of unbranched alkanes of at least 4 members (excludes halogenated alkanes) is 3. The summed E-state index contributed by atoms with van der Waals surface area (Å²) in [6, 6.07) is 12.1. The van der Waals surface area contributed by atoms with Crippen LogP contribution in [0.15, 0.2) is 52.7 Å². The van der Waals surface area contributed by atoms with E-state index in [0.717, 1.165) is 19.3 Å². The molecule has 0 aromatic heterocycles. The van der Waals surface area contributed by atoms with Crippen molar-refractivity contribution in [3.8, 4) is 17.2 Å². The Morgan fingerprint density at radius 3 is 2.43 bits per heavy atom. The van der Waals surface area contributed by atoms with Gasteiger partial charge < -0.3 is 14.9 Å². The summed E-state index contributed by atoms with van der Waals surface area (Å²) in [5, 5.41) is 28.0. The second-order valence-electron chi connectivity index (χ2n) is 5.22. The molecule has 2 aromatic rings. The van der Waals surface area contributed by atoms with Gasteiger partial charge in [0.05, 0.1) is 12.3 Å². The molecule has 0 aliphatic carbocycles. The van der Waals surface area contributed by atoms with Crippen LogP contribution < -0.4 is 4.74 Å². The summed E-state index contributed by atoms with van der Waals surface area (Å²) in [5.74, 6) is -0.0259. The van der Waals surface area contributed by atoms with Gasteiger partial charge in [0.1, 0.15) is 5.75 Å². The van der Waals surface area contributed by atoms with E-state index in [1.54, 1.807) is 12.1 Å². The molecule has 0 spiro atoms. The van der Waals surface area contributed by atoms with Gasteiger partial charge in [-0.2, -0.15) is 5.11 Å². The number of benzene rings is 2. The number of ether oxygens (including phenoxy) is 1. The maximum absolute atomic E-state index is 10.2. The van der Waals surface area contributed by atoms with E-state index in [9.17, 15) is 10.2 Å². The van der Waals surface area contributed by atoms with Gasteiger partial charge in [0, 0.05) is 0 Å². The predicted molar refractivity (Wildman–Crippen MR) is 90.0 cm³/mol. The Balaban J connectivity index is 2.07. The van der Waals surface area contributed by atoms with Crippen molar-refractivity contribution in [2.75, 3.05) is 6.61 Å². The van der Waals surface area contributed by atoms with E-state index >= 15 is 0 Å². The fourth-order valence-corrected chi connectivity index (χ4v) is 2.08. The molecule has 0 saturated heterocycles. The molecule has 5 nitrogen and oxygen atoms in total. The summed E-state index contributed by atoms with van der Waals surface area (Å²) in [4.78, 5) is 0. The van der Waals surface area contributed by atoms with Gasteiger partial charge in [-0.1, -0.05) is 44.4 Å². The highest BCUT2D eigenvalue weighted by Crippen LogP contribution is 2.43. The van der Waals surface area contributed by atoms with Crippen molar-refractivity contribution in [1.29, 1.82) is 0 Å². The second kappa shape index (κ2) is 8.78. The van der Waals surface area contributed by atoms with E-state index in [4.69, 9.17) is 4.74 Å². The van der Waals surface area contributed by atoms with Crippen molar-refractivity contribution in [3.63, 3.8) is 0 Å². The largest absolute Gasteiger partial charge is 0.505 e. The van der Waals surface area contributed by atoms with Crippen LogP contribution in [0.5, 0.6) is 17.2 Å².